The Labute approximate surface area is 214 Å². The summed E-state index contributed by atoms with van der Waals surface area (Å²) in [5.74, 6) is 0.510. The minimum atomic E-state index is -3.54. The molecule has 9 heteroatoms. The molecule has 0 unspecified atom stereocenters. The van der Waals surface area contributed by atoms with Gasteiger partial charge in [-0.05, 0) is 54.2 Å². The molecule has 0 bridgehead atoms. The van der Waals surface area contributed by atoms with Crippen LogP contribution >= 0.6 is 0 Å². The van der Waals surface area contributed by atoms with Crippen molar-refractivity contribution in [2.45, 2.75) is 50.1 Å². The standard InChI is InChI=1S/C27H37N3O5S/c1-34-26-10-9-25(36(32,33)30-12-3-2-4-13-30)19-24(26)8-11-27(31)28-20-22-6-5-7-23(18-22)21-29-14-16-35-17-15-29/h5-7,9-10,18-19H,2-4,8,11-17,20-21H2,1H3,(H,28,31). The first-order chi connectivity index (χ1) is 17.5. The summed E-state index contributed by atoms with van der Waals surface area (Å²) in [5, 5.41) is 2.99. The maximum Gasteiger partial charge on any atom is 0.243 e. The van der Waals surface area contributed by atoms with E-state index in [-0.39, 0.29) is 17.2 Å². The lowest BCUT2D eigenvalue weighted by Gasteiger charge is -2.26. The summed E-state index contributed by atoms with van der Waals surface area (Å²) >= 11 is 0. The number of piperidine rings is 1. The maximum atomic E-state index is 13.1. The predicted molar refractivity (Wildman–Crippen MR) is 138 cm³/mol. The van der Waals surface area contributed by atoms with Crippen molar-refractivity contribution in [2.75, 3.05) is 46.5 Å². The molecule has 1 amide bonds. The summed E-state index contributed by atoms with van der Waals surface area (Å²) < 4.78 is 38.6. The highest BCUT2D eigenvalue weighted by Gasteiger charge is 2.26. The Balaban J connectivity index is 1.33. The first-order valence-corrected chi connectivity index (χ1v) is 14.2. The molecule has 2 aromatic carbocycles. The second-order valence-electron chi connectivity index (χ2n) is 9.42. The van der Waals surface area contributed by atoms with E-state index in [1.165, 1.54) is 5.56 Å². The molecule has 0 aromatic heterocycles. The Morgan fingerprint density at radius 3 is 2.50 bits per heavy atom. The topological polar surface area (TPSA) is 88.2 Å². The predicted octanol–water partition coefficient (Wildman–Crippen LogP) is 2.95. The van der Waals surface area contributed by atoms with Crippen LogP contribution in [0.1, 0.15) is 42.4 Å². The first-order valence-electron chi connectivity index (χ1n) is 12.8. The Morgan fingerprint density at radius 2 is 1.75 bits per heavy atom. The van der Waals surface area contributed by atoms with Gasteiger partial charge in [-0.15, -0.1) is 0 Å². The van der Waals surface area contributed by atoms with Crippen LogP contribution in [0.3, 0.4) is 0 Å². The van der Waals surface area contributed by atoms with E-state index in [1.807, 2.05) is 12.1 Å². The fourth-order valence-corrected chi connectivity index (χ4v) is 6.33. The molecule has 0 aliphatic carbocycles. The van der Waals surface area contributed by atoms with E-state index in [0.29, 0.717) is 31.8 Å². The number of nitrogens with one attached hydrogen (secondary N) is 1. The van der Waals surface area contributed by atoms with E-state index in [0.717, 1.165) is 63.2 Å². The molecule has 0 spiro atoms. The van der Waals surface area contributed by atoms with Crippen molar-refractivity contribution in [1.29, 1.82) is 0 Å². The van der Waals surface area contributed by atoms with Crippen molar-refractivity contribution >= 4 is 15.9 Å². The van der Waals surface area contributed by atoms with Gasteiger partial charge < -0.3 is 14.8 Å². The van der Waals surface area contributed by atoms with Crippen molar-refractivity contribution < 1.29 is 22.7 Å². The molecule has 8 nitrogen and oxygen atoms in total. The summed E-state index contributed by atoms with van der Waals surface area (Å²) in [7, 11) is -1.99. The summed E-state index contributed by atoms with van der Waals surface area (Å²) in [6, 6.07) is 13.2. The molecule has 0 atom stereocenters. The van der Waals surface area contributed by atoms with Gasteiger partial charge in [0.1, 0.15) is 5.75 Å². The number of ether oxygens (including phenoxy) is 2. The number of sulfonamides is 1. The highest BCUT2D eigenvalue weighted by Crippen LogP contribution is 2.27. The third-order valence-electron chi connectivity index (χ3n) is 6.82. The van der Waals surface area contributed by atoms with Crippen LogP contribution in [-0.4, -0.2) is 70.0 Å². The fourth-order valence-electron chi connectivity index (χ4n) is 4.76. The van der Waals surface area contributed by atoms with Gasteiger partial charge in [0, 0.05) is 45.7 Å². The average molecular weight is 516 g/mol. The normalized spacial score (nSPS) is 17.6. The number of hydrogen-bond acceptors (Lipinski definition) is 6. The van der Waals surface area contributed by atoms with Gasteiger partial charge in [0.25, 0.3) is 0 Å². The molecule has 0 radical (unpaired) electrons. The lowest BCUT2D eigenvalue weighted by Crippen LogP contribution is -2.35. The van der Waals surface area contributed by atoms with Crippen molar-refractivity contribution in [3.8, 4) is 5.75 Å². The van der Waals surface area contributed by atoms with Crippen LogP contribution in [0.5, 0.6) is 5.75 Å². The van der Waals surface area contributed by atoms with Gasteiger partial charge in [-0.3, -0.25) is 9.69 Å². The van der Waals surface area contributed by atoms with E-state index in [9.17, 15) is 13.2 Å². The number of nitrogens with zero attached hydrogens (tertiary/aromatic N) is 2. The third kappa shape index (κ3) is 7.06. The zero-order chi connectivity index (χ0) is 25.4. The number of carbonyl (C=O) groups excluding carboxylic acids is 1. The third-order valence-corrected chi connectivity index (χ3v) is 8.71. The number of methoxy groups -OCH3 is 1. The summed E-state index contributed by atoms with van der Waals surface area (Å²) in [6.45, 7) is 5.86. The molecule has 2 saturated heterocycles. The van der Waals surface area contributed by atoms with Crippen LogP contribution in [0.25, 0.3) is 0 Å². The number of carbonyl (C=O) groups is 1. The molecule has 2 heterocycles. The monoisotopic (exact) mass is 515 g/mol. The van der Waals surface area contributed by atoms with E-state index in [4.69, 9.17) is 9.47 Å². The number of benzene rings is 2. The molecular weight excluding hydrogens is 478 g/mol. The lowest BCUT2D eigenvalue weighted by molar-refractivity contribution is -0.121. The average Bonchev–Trinajstić information content (AvgIpc) is 2.92. The molecule has 4 rings (SSSR count). The zero-order valence-electron chi connectivity index (χ0n) is 21.1. The highest BCUT2D eigenvalue weighted by atomic mass is 32.2. The minimum absolute atomic E-state index is 0.0834. The van der Waals surface area contributed by atoms with Crippen molar-refractivity contribution in [3.63, 3.8) is 0 Å². The Kier molecular flexibility index (Phi) is 9.36. The number of aryl methyl sites for hydroxylation is 1. The molecule has 196 valence electrons. The van der Waals surface area contributed by atoms with E-state index < -0.39 is 10.0 Å². The van der Waals surface area contributed by atoms with Gasteiger partial charge in [0.05, 0.1) is 25.2 Å². The molecule has 2 fully saturated rings. The van der Waals surface area contributed by atoms with Gasteiger partial charge in [-0.1, -0.05) is 30.7 Å². The van der Waals surface area contributed by atoms with Gasteiger partial charge in [-0.2, -0.15) is 4.31 Å². The lowest BCUT2D eigenvalue weighted by atomic mass is 10.1. The van der Waals surface area contributed by atoms with E-state index in [2.05, 4.69) is 22.3 Å². The molecular formula is C27H37N3O5S. The number of morpholine rings is 1. The van der Waals surface area contributed by atoms with Crippen molar-refractivity contribution in [1.82, 2.24) is 14.5 Å². The highest BCUT2D eigenvalue weighted by molar-refractivity contribution is 7.89. The molecule has 0 saturated carbocycles. The molecule has 2 aromatic rings. The fraction of sp³-hybridized carbons (Fsp3) is 0.519. The van der Waals surface area contributed by atoms with Gasteiger partial charge in [0.15, 0.2) is 0 Å². The number of rotatable bonds is 10. The molecule has 36 heavy (non-hydrogen) atoms. The summed E-state index contributed by atoms with van der Waals surface area (Å²) in [4.78, 5) is 15.3. The van der Waals surface area contributed by atoms with Crippen molar-refractivity contribution in [2.24, 2.45) is 0 Å². The Morgan fingerprint density at radius 1 is 1.00 bits per heavy atom. The maximum absolute atomic E-state index is 13.1. The second kappa shape index (κ2) is 12.7. The van der Waals surface area contributed by atoms with Crippen LogP contribution in [0, 0.1) is 0 Å². The van der Waals surface area contributed by atoms with Gasteiger partial charge in [-0.25, -0.2) is 8.42 Å². The zero-order valence-corrected chi connectivity index (χ0v) is 21.9. The quantitative estimate of drug-likeness (QED) is 0.524. The molecule has 2 aliphatic heterocycles. The molecule has 2 aliphatic rings. The van der Waals surface area contributed by atoms with Gasteiger partial charge >= 0.3 is 0 Å². The van der Waals surface area contributed by atoms with Crippen LogP contribution in [-0.2, 0) is 39.1 Å². The summed E-state index contributed by atoms with van der Waals surface area (Å²) in [6.07, 6.45) is 3.48. The summed E-state index contributed by atoms with van der Waals surface area (Å²) in [5.41, 5.74) is 3.00. The number of hydrogen-bond donors (Lipinski definition) is 1. The smallest absolute Gasteiger partial charge is 0.243 e. The molecule has 1 N–H and O–H groups in total. The van der Waals surface area contributed by atoms with Crippen LogP contribution in [0.2, 0.25) is 0 Å². The van der Waals surface area contributed by atoms with Crippen molar-refractivity contribution in [3.05, 3.63) is 59.2 Å². The van der Waals surface area contributed by atoms with E-state index >= 15 is 0 Å². The Bertz CT molecular complexity index is 1130. The largest absolute Gasteiger partial charge is 0.496 e. The van der Waals surface area contributed by atoms with E-state index in [1.54, 1.807) is 29.6 Å². The van der Waals surface area contributed by atoms with Crippen LogP contribution in [0.4, 0.5) is 0 Å². The second-order valence-corrected chi connectivity index (χ2v) is 11.4. The Hall–Kier alpha value is -2.46. The first kappa shape index (κ1) is 26.6. The van der Waals surface area contributed by atoms with Gasteiger partial charge in [0.2, 0.25) is 15.9 Å². The van der Waals surface area contributed by atoms with Crippen LogP contribution < -0.4 is 10.1 Å². The SMILES string of the molecule is COc1ccc(S(=O)(=O)N2CCCCC2)cc1CCC(=O)NCc1cccc(CN2CCOCC2)c1. The number of amides is 1. The minimum Gasteiger partial charge on any atom is -0.496 e. The van der Waals surface area contributed by atoms with Crippen LogP contribution in [0.15, 0.2) is 47.4 Å².